The molecule has 1 aromatic carbocycles. The van der Waals surface area contributed by atoms with E-state index in [4.69, 9.17) is 10.2 Å². The van der Waals surface area contributed by atoms with Crippen molar-refractivity contribution in [3.8, 4) is 23.1 Å². The number of allylic oxidation sites excluding steroid dienone is 1. The van der Waals surface area contributed by atoms with Crippen molar-refractivity contribution in [3.05, 3.63) is 92.9 Å². The highest BCUT2D eigenvalue weighted by Gasteiger charge is 2.22. The molecule has 3 aromatic heterocycles. The van der Waals surface area contributed by atoms with Crippen LogP contribution in [0.3, 0.4) is 0 Å². The smallest absolute Gasteiger partial charge is 0.332 e. The number of nitrogens with zero attached hydrogens (tertiary/aromatic N) is 5. The first-order valence-corrected chi connectivity index (χ1v) is 11.4. The second kappa shape index (κ2) is 10.4. The molecule has 8 heteroatoms. The van der Waals surface area contributed by atoms with E-state index in [1.54, 1.807) is 33.8 Å². The fraction of sp³-hybridized carbons (Fsp3) is 0.259. The molecule has 0 aliphatic heterocycles. The number of rotatable bonds is 6. The molecule has 4 aromatic rings. The summed E-state index contributed by atoms with van der Waals surface area (Å²) in [7, 11) is 1.50. The molecular weight excluding hydrogens is 442 g/mol. The van der Waals surface area contributed by atoms with E-state index in [1.165, 1.54) is 7.05 Å². The molecule has 0 aliphatic rings. The maximum atomic E-state index is 13.3. The molecule has 1 N–H and O–H groups in total. The predicted octanol–water partition coefficient (Wildman–Crippen LogP) is 2.56. The zero-order valence-corrected chi connectivity index (χ0v) is 20.0. The number of aliphatic hydroxyl groups is 1. The molecular formula is C27H27N5O3. The van der Waals surface area contributed by atoms with Crippen molar-refractivity contribution in [2.24, 2.45) is 13.0 Å². The highest BCUT2D eigenvalue weighted by atomic mass is 16.2. The normalized spacial score (nSPS) is 11.3. The molecule has 178 valence electrons. The Morgan fingerprint density at radius 3 is 2.63 bits per heavy atom. The topological polar surface area (TPSA) is 94.9 Å². The van der Waals surface area contributed by atoms with E-state index in [-0.39, 0.29) is 23.8 Å². The number of hydrogen-bond acceptors (Lipinski definition) is 5. The van der Waals surface area contributed by atoms with Crippen LogP contribution in [0.5, 0.6) is 0 Å². The second-order valence-electron chi connectivity index (χ2n) is 8.65. The van der Waals surface area contributed by atoms with Crippen LogP contribution in [0.15, 0.2) is 70.5 Å². The Morgan fingerprint density at radius 1 is 1.14 bits per heavy atom. The minimum absolute atomic E-state index is 0.0549. The van der Waals surface area contributed by atoms with Gasteiger partial charge in [-0.3, -0.25) is 23.6 Å². The van der Waals surface area contributed by atoms with Crippen molar-refractivity contribution in [1.82, 2.24) is 23.9 Å². The van der Waals surface area contributed by atoms with Gasteiger partial charge in [0.25, 0.3) is 5.56 Å². The lowest BCUT2D eigenvalue weighted by atomic mass is 10.1. The van der Waals surface area contributed by atoms with Crippen molar-refractivity contribution < 1.29 is 5.11 Å². The van der Waals surface area contributed by atoms with Crippen LogP contribution in [-0.2, 0) is 20.1 Å². The number of fused-ring (bicyclic) bond motifs is 1. The Hall–Kier alpha value is -4.22. The Balaban J connectivity index is 1.92. The van der Waals surface area contributed by atoms with Crippen molar-refractivity contribution in [3.63, 3.8) is 0 Å². The van der Waals surface area contributed by atoms with Crippen LogP contribution >= 0.6 is 0 Å². The van der Waals surface area contributed by atoms with Crippen LogP contribution in [0.2, 0.25) is 0 Å². The summed E-state index contributed by atoms with van der Waals surface area (Å²) >= 11 is 0. The largest absolute Gasteiger partial charge is 0.392 e. The summed E-state index contributed by atoms with van der Waals surface area (Å²) in [6.07, 6.45) is 6.52. The van der Waals surface area contributed by atoms with Crippen molar-refractivity contribution >= 4 is 11.0 Å². The molecule has 4 rings (SSSR count). The van der Waals surface area contributed by atoms with E-state index < -0.39 is 0 Å². The Kier molecular flexibility index (Phi) is 7.09. The first-order chi connectivity index (χ1) is 16.9. The summed E-state index contributed by atoms with van der Waals surface area (Å²) in [5.74, 6) is 6.14. The fourth-order valence-corrected chi connectivity index (χ4v) is 3.97. The third-order valence-corrected chi connectivity index (χ3v) is 5.51. The van der Waals surface area contributed by atoms with Crippen LogP contribution in [-0.4, -0.2) is 35.6 Å². The zero-order chi connectivity index (χ0) is 24.9. The SMILES string of the molecule is CC(C)Cn1c(=O)n(C)c(=O)c2c(-c3ccncc3)n(Cc3cccc(C#C/C=C/CO)c3)nc21. The summed E-state index contributed by atoms with van der Waals surface area (Å²) in [6.45, 7) is 4.82. The van der Waals surface area contributed by atoms with Crippen molar-refractivity contribution in [2.75, 3.05) is 6.61 Å². The van der Waals surface area contributed by atoms with Gasteiger partial charge in [0.05, 0.1) is 18.8 Å². The second-order valence-corrected chi connectivity index (χ2v) is 8.65. The number of benzene rings is 1. The van der Waals surface area contributed by atoms with Crippen LogP contribution in [0.4, 0.5) is 0 Å². The van der Waals surface area contributed by atoms with E-state index in [2.05, 4.69) is 16.8 Å². The molecule has 0 unspecified atom stereocenters. The molecule has 0 radical (unpaired) electrons. The van der Waals surface area contributed by atoms with E-state index in [9.17, 15) is 9.59 Å². The van der Waals surface area contributed by atoms with Crippen molar-refractivity contribution in [2.45, 2.75) is 26.9 Å². The summed E-state index contributed by atoms with van der Waals surface area (Å²) < 4.78 is 4.51. The maximum absolute atomic E-state index is 13.3. The average Bonchev–Trinajstić information content (AvgIpc) is 3.22. The highest BCUT2D eigenvalue weighted by Crippen LogP contribution is 2.27. The van der Waals surface area contributed by atoms with Gasteiger partial charge in [-0.05, 0) is 41.8 Å². The van der Waals surface area contributed by atoms with Gasteiger partial charge in [-0.15, -0.1) is 0 Å². The lowest BCUT2D eigenvalue weighted by Crippen LogP contribution is -2.38. The molecule has 0 aliphatic carbocycles. The molecule has 0 spiro atoms. The third kappa shape index (κ3) is 5.00. The average molecular weight is 470 g/mol. The van der Waals surface area contributed by atoms with Crippen LogP contribution in [0.1, 0.15) is 25.0 Å². The fourth-order valence-electron chi connectivity index (χ4n) is 3.97. The minimum atomic E-state index is -0.379. The minimum Gasteiger partial charge on any atom is -0.392 e. The molecule has 35 heavy (non-hydrogen) atoms. The summed E-state index contributed by atoms with van der Waals surface area (Å²) in [6, 6.07) is 11.4. The van der Waals surface area contributed by atoms with E-state index in [0.29, 0.717) is 29.8 Å². The first-order valence-electron chi connectivity index (χ1n) is 11.4. The maximum Gasteiger partial charge on any atom is 0.332 e. The zero-order valence-electron chi connectivity index (χ0n) is 20.0. The number of pyridine rings is 1. The summed E-state index contributed by atoms with van der Waals surface area (Å²) in [5, 5.41) is 14.1. The van der Waals surface area contributed by atoms with E-state index in [0.717, 1.165) is 21.3 Å². The van der Waals surface area contributed by atoms with Gasteiger partial charge in [0.1, 0.15) is 5.39 Å². The molecule has 0 amide bonds. The molecule has 0 atom stereocenters. The molecule has 0 bridgehead atoms. The Morgan fingerprint density at radius 2 is 1.91 bits per heavy atom. The van der Waals surface area contributed by atoms with Gasteiger partial charge in [0.15, 0.2) is 5.65 Å². The Labute approximate surface area is 202 Å². The van der Waals surface area contributed by atoms with Crippen LogP contribution in [0.25, 0.3) is 22.3 Å². The third-order valence-electron chi connectivity index (χ3n) is 5.51. The van der Waals surface area contributed by atoms with E-state index >= 15 is 0 Å². The molecule has 3 heterocycles. The van der Waals surface area contributed by atoms with Gasteiger partial charge in [0.2, 0.25) is 0 Å². The quantitative estimate of drug-likeness (QED) is 0.438. The standard InChI is InChI=1S/C27H27N5O3/c1-19(2)17-31-25-23(26(34)30(3)27(31)35)24(22-11-13-28-14-12-22)32(29-25)18-21-10-7-9-20(16-21)8-5-4-6-15-33/h4,6-7,9-14,16,19,33H,15,17-18H2,1-3H3/b6-4+. The summed E-state index contributed by atoms with van der Waals surface area (Å²) in [4.78, 5) is 30.4. The van der Waals surface area contributed by atoms with Gasteiger partial charge >= 0.3 is 5.69 Å². The lowest BCUT2D eigenvalue weighted by molar-refractivity contribution is 0.343. The molecule has 0 fully saturated rings. The predicted molar refractivity (Wildman–Crippen MR) is 136 cm³/mol. The van der Waals surface area contributed by atoms with Crippen molar-refractivity contribution in [1.29, 1.82) is 0 Å². The number of aromatic nitrogens is 5. The van der Waals surface area contributed by atoms with Gasteiger partial charge in [0, 0.05) is 37.1 Å². The molecule has 0 saturated carbocycles. The van der Waals surface area contributed by atoms with Gasteiger partial charge in [-0.1, -0.05) is 43.9 Å². The van der Waals surface area contributed by atoms with Crippen LogP contribution < -0.4 is 11.2 Å². The van der Waals surface area contributed by atoms with Gasteiger partial charge in [-0.2, -0.15) is 5.10 Å². The first kappa shape index (κ1) is 23.9. The van der Waals surface area contributed by atoms with Gasteiger partial charge in [-0.25, -0.2) is 4.79 Å². The molecule has 0 saturated heterocycles. The van der Waals surface area contributed by atoms with Gasteiger partial charge < -0.3 is 5.11 Å². The lowest BCUT2D eigenvalue weighted by Gasteiger charge is -2.11. The summed E-state index contributed by atoms with van der Waals surface area (Å²) in [5.41, 5.74) is 2.82. The highest BCUT2D eigenvalue weighted by molar-refractivity contribution is 5.90. The Bertz CT molecular complexity index is 1560. The number of aliphatic hydroxyl groups excluding tert-OH is 1. The van der Waals surface area contributed by atoms with Crippen LogP contribution in [0, 0.1) is 17.8 Å². The number of hydrogen-bond donors (Lipinski definition) is 1. The molecule has 8 nitrogen and oxygen atoms in total. The monoisotopic (exact) mass is 469 g/mol. The van der Waals surface area contributed by atoms with E-state index in [1.807, 2.05) is 50.2 Å².